The van der Waals surface area contributed by atoms with Crippen LogP contribution in [0.3, 0.4) is 0 Å². The Morgan fingerprint density at radius 2 is 1.67 bits per heavy atom. The van der Waals surface area contributed by atoms with Crippen molar-refractivity contribution in [3.63, 3.8) is 0 Å². The van der Waals surface area contributed by atoms with Crippen LogP contribution in [-0.2, 0) is 5.54 Å². The summed E-state index contributed by atoms with van der Waals surface area (Å²) < 4.78 is 26.5. The van der Waals surface area contributed by atoms with Gasteiger partial charge in [0, 0.05) is 6.07 Å². The van der Waals surface area contributed by atoms with Crippen LogP contribution < -0.4 is 5.32 Å². The van der Waals surface area contributed by atoms with Gasteiger partial charge in [0.15, 0.2) is 0 Å². The van der Waals surface area contributed by atoms with Gasteiger partial charge in [0.25, 0.3) is 0 Å². The van der Waals surface area contributed by atoms with Crippen LogP contribution in [0.15, 0.2) is 48.5 Å². The van der Waals surface area contributed by atoms with Gasteiger partial charge in [-0.1, -0.05) is 30.3 Å². The maximum Gasteiger partial charge on any atom is 0.149 e. The zero-order chi connectivity index (χ0) is 12.6. The minimum atomic E-state index is -0.553. The van der Waals surface area contributed by atoms with Crippen LogP contribution in [0.25, 0.3) is 0 Å². The number of rotatable bonds is 3. The van der Waals surface area contributed by atoms with Crippen molar-refractivity contribution in [2.45, 2.75) is 18.4 Å². The standard InChI is InChI=1S/C15H13F2N/c16-12-6-7-14(13(17)10-12)18-15(8-9-15)11-4-2-1-3-5-11/h1-7,10,18H,8-9H2. The Morgan fingerprint density at radius 3 is 2.28 bits per heavy atom. The molecule has 1 aliphatic rings. The lowest BCUT2D eigenvalue weighted by atomic mass is 10.0. The van der Waals surface area contributed by atoms with Crippen LogP contribution in [0.4, 0.5) is 14.5 Å². The quantitative estimate of drug-likeness (QED) is 0.859. The van der Waals surface area contributed by atoms with Gasteiger partial charge in [0.05, 0.1) is 11.2 Å². The minimum absolute atomic E-state index is 0.181. The normalized spacial score (nSPS) is 16.3. The average molecular weight is 245 g/mol. The van der Waals surface area contributed by atoms with Crippen LogP contribution >= 0.6 is 0 Å². The van der Waals surface area contributed by atoms with Crippen LogP contribution in [0.1, 0.15) is 18.4 Å². The molecule has 1 fully saturated rings. The van der Waals surface area contributed by atoms with Crippen molar-refractivity contribution < 1.29 is 8.78 Å². The molecule has 1 aliphatic carbocycles. The number of halogens is 2. The van der Waals surface area contributed by atoms with Crippen molar-refractivity contribution in [3.05, 3.63) is 65.7 Å². The van der Waals surface area contributed by atoms with Gasteiger partial charge < -0.3 is 5.32 Å². The molecule has 0 amide bonds. The molecule has 3 rings (SSSR count). The monoisotopic (exact) mass is 245 g/mol. The Morgan fingerprint density at radius 1 is 0.944 bits per heavy atom. The summed E-state index contributed by atoms with van der Waals surface area (Å²) >= 11 is 0. The largest absolute Gasteiger partial charge is 0.373 e. The molecule has 0 bridgehead atoms. The van der Waals surface area contributed by atoms with E-state index in [0.29, 0.717) is 5.69 Å². The zero-order valence-corrected chi connectivity index (χ0v) is 9.79. The highest BCUT2D eigenvalue weighted by Gasteiger charge is 2.44. The van der Waals surface area contributed by atoms with Crippen molar-refractivity contribution in [2.24, 2.45) is 0 Å². The van der Waals surface area contributed by atoms with E-state index in [4.69, 9.17) is 0 Å². The number of anilines is 1. The Bertz CT molecular complexity index is 562. The first-order valence-electron chi connectivity index (χ1n) is 5.98. The second-order valence-corrected chi connectivity index (χ2v) is 4.70. The molecule has 0 aliphatic heterocycles. The summed E-state index contributed by atoms with van der Waals surface area (Å²) in [5.74, 6) is -1.10. The highest BCUT2D eigenvalue weighted by molar-refractivity contribution is 5.51. The summed E-state index contributed by atoms with van der Waals surface area (Å²) in [7, 11) is 0. The van der Waals surface area contributed by atoms with E-state index in [-0.39, 0.29) is 5.54 Å². The summed E-state index contributed by atoms with van der Waals surface area (Å²) in [6.45, 7) is 0. The molecule has 2 aromatic carbocycles. The van der Waals surface area contributed by atoms with Crippen LogP contribution in [-0.4, -0.2) is 0 Å². The fourth-order valence-electron chi connectivity index (χ4n) is 2.22. The maximum absolute atomic E-state index is 13.6. The van der Waals surface area contributed by atoms with Crippen molar-refractivity contribution in [1.82, 2.24) is 0 Å². The molecule has 2 aromatic rings. The molecular formula is C15H13F2N. The first-order valence-corrected chi connectivity index (χ1v) is 5.98. The van der Waals surface area contributed by atoms with Crippen LogP contribution in [0, 0.1) is 11.6 Å². The summed E-state index contributed by atoms with van der Waals surface area (Å²) in [4.78, 5) is 0. The van der Waals surface area contributed by atoms with Gasteiger partial charge in [0.2, 0.25) is 0 Å². The first kappa shape index (κ1) is 11.2. The summed E-state index contributed by atoms with van der Waals surface area (Å²) in [6.07, 6.45) is 1.93. The molecule has 92 valence electrons. The summed E-state index contributed by atoms with van der Waals surface area (Å²) in [6, 6.07) is 13.6. The van der Waals surface area contributed by atoms with E-state index in [0.717, 1.165) is 24.5 Å². The van der Waals surface area contributed by atoms with Gasteiger partial charge in [0.1, 0.15) is 11.6 Å². The average Bonchev–Trinajstić information content (AvgIpc) is 3.15. The third-order valence-electron chi connectivity index (χ3n) is 3.38. The highest BCUT2D eigenvalue weighted by atomic mass is 19.1. The van der Waals surface area contributed by atoms with Gasteiger partial charge in [-0.05, 0) is 30.5 Å². The molecule has 0 aromatic heterocycles. The molecule has 0 atom stereocenters. The number of nitrogens with one attached hydrogen (secondary N) is 1. The van der Waals surface area contributed by atoms with Crippen molar-refractivity contribution in [3.8, 4) is 0 Å². The fraction of sp³-hybridized carbons (Fsp3) is 0.200. The number of hydrogen-bond donors (Lipinski definition) is 1. The van der Waals surface area contributed by atoms with Gasteiger partial charge in [-0.2, -0.15) is 0 Å². The molecule has 0 spiro atoms. The van der Waals surface area contributed by atoms with E-state index in [1.807, 2.05) is 30.3 Å². The molecule has 1 N–H and O–H groups in total. The van der Waals surface area contributed by atoms with E-state index in [9.17, 15) is 8.78 Å². The SMILES string of the molecule is Fc1ccc(NC2(c3ccccc3)CC2)c(F)c1. The third kappa shape index (κ3) is 1.96. The second-order valence-electron chi connectivity index (χ2n) is 4.70. The molecule has 0 saturated heterocycles. The van der Waals surface area contributed by atoms with Crippen LogP contribution in [0.5, 0.6) is 0 Å². The Hall–Kier alpha value is -1.90. The van der Waals surface area contributed by atoms with E-state index in [2.05, 4.69) is 5.32 Å². The van der Waals surface area contributed by atoms with Gasteiger partial charge in [-0.25, -0.2) is 8.78 Å². The van der Waals surface area contributed by atoms with Crippen molar-refractivity contribution in [1.29, 1.82) is 0 Å². The number of hydrogen-bond acceptors (Lipinski definition) is 1. The van der Waals surface area contributed by atoms with Gasteiger partial charge in [-0.15, -0.1) is 0 Å². The summed E-state index contributed by atoms with van der Waals surface area (Å²) in [5, 5.41) is 3.20. The molecule has 0 radical (unpaired) electrons. The highest BCUT2D eigenvalue weighted by Crippen LogP contribution is 2.48. The Kier molecular flexibility index (Phi) is 2.54. The predicted octanol–water partition coefficient (Wildman–Crippen LogP) is 4.07. The molecule has 1 saturated carbocycles. The van der Waals surface area contributed by atoms with E-state index < -0.39 is 11.6 Å². The predicted molar refractivity (Wildman–Crippen MR) is 67.3 cm³/mol. The van der Waals surface area contributed by atoms with Gasteiger partial charge in [-0.3, -0.25) is 0 Å². The molecule has 3 heteroatoms. The minimum Gasteiger partial charge on any atom is -0.373 e. The lowest BCUT2D eigenvalue weighted by Gasteiger charge is -2.19. The molecular weight excluding hydrogens is 232 g/mol. The Balaban J connectivity index is 1.89. The lowest BCUT2D eigenvalue weighted by Crippen LogP contribution is -2.19. The van der Waals surface area contributed by atoms with Gasteiger partial charge >= 0.3 is 0 Å². The van der Waals surface area contributed by atoms with Crippen molar-refractivity contribution >= 4 is 5.69 Å². The molecule has 0 unspecified atom stereocenters. The van der Waals surface area contributed by atoms with E-state index in [1.54, 1.807) is 0 Å². The lowest BCUT2D eigenvalue weighted by molar-refractivity contribution is 0.582. The second kappa shape index (κ2) is 4.09. The first-order chi connectivity index (χ1) is 8.70. The fourth-order valence-corrected chi connectivity index (χ4v) is 2.22. The topological polar surface area (TPSA) is 12.0 Å². The van der Waals surface area contributed by atoms with E-state index in [1.165, 1.54) is 12.1 Å². The Labute approximate surface area is 104 Å². The number of benzene rings is 2. The molecule has 1 nitrogen and oxygen atoms in total. The van der Waals surface area contributed by atoms with Crippen molar-refractivity contribution in [2.75, 3.05) is 5.32 Å². The molecule has 0 heterocycles. The van der Waals surface area contributed by atoms with E-state index >= 15 is 0 Å². The third-order valence-corrected chi connectivity index (χ3v) is 3.38. The van der Waals surface area contributed by atoms with Crippen LogP contribution in [0.2, 0.25) is 0 Å². The zero-order valence-electron chi connectivity index (χ0n) is 9.79. The molecule has 18 heavy (non-hydrogen) atoms. The summed E-state index contributed by atoms with van der Waals surface area (Å²) in [5.41, 5.74) is 1.33. The maximum atomic E-state index is 13.6. The smallest absolute Gasteiger partial charge is 0.149 e.